The first kappa shape index (κ1) is 15.9. The average Bonchev–Trinajstić information content (AvgIpc) is 3.14. The zero-order chi connectivity index (χ0) is 16.4. The number of aliphatic hydroxyl groups excluding tert-OH is 2. The van der Waals surface area contributed by atoms with Crippen LogP contribution in [0.15, 0.2) is 18.2 Å². The molecule has 0 aliphatic carbocycles. The number of aliphatic hydroxyl groups is 2. The summed E-state index contributed by atoms with van der Waals surface area (Å²) in [4.78, 5) is 16.4. The molecule has 3 atom stereocenters. The number of nitrogens with zero attached hydrogens (tertiary/aromatic N) is 1. The van der Waals surface area contributed by atoms with E-state index >= 15 is 0 Å². The van der Waals surface area contributed by atoms with Gasteiger partial charge in [-0.15, -0.1) is 17.8 Å². The summed E-state index contributed by atoms with van der Waals surface area (Å²) in [6, 6.07) is 5.25. The van der Waals surface area contributed by atoms with E-state index in [2.05, 4.69) is 16.2 Å². The maximum atomic E-state index is 11.9. The maximum absolute atomic E-state index is 11.9. The van der Waals surface area contributed by atoms with Crippen molar-refractivity contribution < 1.29 is 19.7 Å². The van der Waals surface area contributed by atoms with Crippen molar-refractivity contribution in [1.82, 2.24) is 10.3 Å². The average molecular weight is 332 g/mol. The van der Waals surface area contributed by atoms with Gasteiger partial charge < -0.3 is 20.3 Å². The molecule has 23 heavy (non-hydrogen) atoms. The van der Waals surface area contributed by atoms with Crippen LogP contribution in [0.5, 0.6) is 0 Å². The molecule has 2 aromatic rings. The number of terminal acetylenes is 1. The fourth-order valence-corrected chi connectivity index (χ4v) is 3.51. The predicted octanol–water partition coefficient (Wildman–Crippen LogP) is 0.842. The summed E-state index contributed by atoms with van der Waals surface area (Å²) in [5.74, 6) is 2.11. The molecule has 0 saturated carbocycles. The lowest BCUT2D eigenvalue weighted by Gasteiger charge is -2.09. The quantitative estimate of drug-likeness (QED) is 0.722. The van der Waals surface area contributed by atoms with E-state index in [1.807, 2.05) is 6.07 Å². The van der Waals surface area contributed by atoms with Crippen LogP contribution in [0.1, 0.15) is 27.9 Å². The molecule has 1 aliphatic heterocycles. The fourth-order valence-electron chi connectivity index (χ4n) is 2.51. The molecule has 1 amide bonds. The number of hydrogen-bond donors (Lipinski definition) is 3. The molecule has 1 saturated heterocycles. The molecule has 6 nitrogen and oxygen atoms in total. The van der Waals surface area contributed by atoms with E-state index in [9.17, 15) is 9.90 Å². The number of nitrogens with one attached hydrogen (secondary N) is 1. The Hall–Kier alpha value is -1.98. The summed E-state index contributed by atoms with van der Waals surface area (Å²) in [6.45, 7) is -0.0441. The van der Waals surface area contributed by atoms with Crippen molar-refractivity contribution in [2.75, 3.05) is 13.2 Å². The number of ether oxygens (including phenoxy) is 1. The monoisotopic (exact) mass is 332 g/mol. The van der Waals surface area contributed by atoms with Gasteiger partial charge in [0, 0.05) is 12.0 Å². The van der Waals surface area contributed by atoms with Crippen LogP contribution in [-0.2, 0) is 4.74 Å². The summed E-state index contributed by atoms with van der Waals surface area (Å²) in [6.07, 6.45) is 3.93. The third-order valence-corrected chi connectivity index (χ3v) is 4.82. The first-order valence-electron chi connectivity index (χ1n) is 7.19. The number of hydrogen-bond acceptors (Lipinski definition) is 6. The third kappa shape index (κ3) is 3.21. The summed E-state index contributed by atoms with van der Waals surface area (Å²) in [7, 11) is 0. The number of thiazole rings is 1. The molecular formula is C16H16N2O4S. The van der Waals surface area contributed by atoms with Crippen LogP contribution in [0.2, 0.25) is 0 Å². The maximum Gasteiger partial charge on any atom is 0.252 e. The van der Waals surface area contributed by atoms with E-state index in [1.165, 1.54) is 11.3 Å². The van der Waals surface area contributed by atoms with Crippen LogP contribution in [-0.4, -0.2) is 46.5 Å². The Balaban J connectivity index is 1.83. The summed E-state index contributed by atoms with van der Waals surface area (Å²) < 4.78 is 6.55. The number of amides is 1. The van der Waals surface area contributed by atoms with Crippen LogP contribution in [0.25, 0.3) is 10.2 Å². The van der Waals surface area contributed by atoms with Crippen molar-refractivity contribution >= 4 is 27.5 Å². The van der Waals surface area contributed by atoms with Crippen molar-refractivity contribution in [3.8, 4) is 12.3 Å². The molecule has 120 valence electrons. The van der Waals surface area contributed by atoms with E-state index in [4.69, 9.17) is 16.3 Å². The zero-order valence-corrected chi connectivity index (χ0v) is 13.0. The highest BCUT2D eigenvalue weighted by Gasteiger charge is 2.35. The largest absolute Gasteiger partial charge is 0.394 e. The lowest BCUT2D eigenvalue weighted by Crippen LogP contribution is -2.24. The molecule has 0 radical (unpaired) electrons. The van der Waals surface area contributed by atoms with Gasteiger partial charge in [-0.2, -0.15) is 0 Å². The second-order valence-electron chi connectivity index (χ2n) is 5.27. The molecule has 1 aromatic heterocycles. The third-order valence-electron chi connectivity index (χ3n) is 3.70. The number of fused-ring (bicyclic) bond motifs is 1. The van der Waals surface area contributed by atoms with Crippen molar-refractivity contribution in [2.24, 2.45) is 0 Å². The first-order valence-corrected chi connectivity index (χ1v) is 8.00. The summed E-state index contributed by atoms with van der Waals surface area (Å²) in [5.41, 5.74) is 1.19. The van der Waals surface area contributed by atoms with Crippen LogP contribution in [0.3, 0.4) is 0 Å². The molecule has 0 unspecified atom stereocenters. The number of carbonyl (C=O) groups is 1. The highest BCUT2D eigenvalue weighted by Crippen LogP contribution is 2.37. The minimum absolute atomic E-state index is 0.176. The number of aromatic nitrogens is 1. The molecule has 0 spiro atoms. The number of carbonyl (C=O) groups excluding carboxylic acids is 1. The molecule has 0 bridgehead atoms. The second-order valence-corrected chi connectivity index (χ2v) is 6.33. The Labute approximate surface area is 137 Å². The molecule has 3 rings (SSSR count). The van der Waals surface area contributed by atoms with Crippen LogP contribution < -0.4 is 5.32 Å². The van der Waals surface area contributed by atoms with Gasteiger partial charge in [-0.3, -0.25) is 4.79 Å². The molecule has 1 aromatic carbocycles. The van der Waals surface area contributed by atoms with Crippen LogP contribution >= 0.6 is 11.3 Å². The zero-order valence-electron chi connectivity index (χ0n) is 12.2. The first-order chi connectivity index (χ1) is 11.1. The lowest BCUT2D eigenvalue weighted by molar-refractivity contribution is -0.0225. The standard InChI is InChI=1S/C16H16N2O4S/c1-2-5-17-15(21)9-3-4-14-10(6-9)18-16(23-14)12-7-11(20)13(8-19)22-12/h1,3-4,6,11-13,19-20H,5,7-8H2,(H,17,21)/t11-,12+,13+/m0/s1. The van der Waals surface area contributed by atoms with E-state index in [1.54, 1.807) is 12.1 Å². The van der Waals surface area contributed by atoms with E-state index in [-0.39, 0.29) is 25.2 Å². The summed E-state index contributed by atoms with van der Waals surface area (Å²) >= 11 is 1.45. The van der Waals surface area contributed by atoms with Crippen molar-refractivity contribution in [3.63, 3.8) is 0 Å². The minimum atomic E-state index is -0.692. The second kappa shape index (κ2) is 6.64. The predicted molar refractivity (Wildman–Crippen MR) is 86.1 cm³/mol. The highest BCUT2D eigenvalue weighted by molar-refractivity contribution is 7.18. The molecule has 1 aliphatic rings. The molecule has 7 heteroatoms. The molecular weight excluding hydrogens is 316 g/mol. The van der Waals surface area contributed by atoms with Crippen molar-refractivity contribution in [2.45, 2.75) is 24.7 Å². The Bertz CT molecular complexity index is 767. The van der Waals surface area contributed by atoms with Gasteiger partial charge in [0.25, 0.3) is 5.91 Å². The SMILES string of the molecule is C#CCNC(=O)c1ccc2sc([C@H]3C[C@H](O)[C@@H](CO)O3)nc2c1. The highest BCUT2D eigenvalue weighted by atomic mass is 32.1. The Morgan fingerprint density at radius 2 is 2.39 bits per heavy atom. The topological polar surface area (TPSA) is 91.7 Å². The Kier molecular flexibility index (Phi) is 4.59. The van der Waals surface area contributed by atoms with E-state index in [0.717, 1.165) is 9.71 Å². The Morgan fingerprint density at radius 1 is 1.57 bits per heavy atom. The molecule has 1 fully saturated rings. The molecule has 3 N–H and O–H groups in total. The Morgan fingerprint density at radius 3 is 3.09 bits per heavy atom. The normalized spacial score (nSPS) is 23.8. The van der Waals surface area contributed by atoms with Gasteiger partial charge in [0.1, 0.15) is 17.2 Å². The van der Waals surface area contributed by atoms with Gasteiger partial charge in [-0.1, -0.05) is 5.92 Å². The van der Waals surface area contributed by atoms with Crippen molar-refractivity contribution in [1.29, 1.82) is 0 Å². The minimum Gasteiger partial charge on any atom is -0.394 e. The number of benzene rings is 1. The van der Waals surface area contributed by atoms with Gasteiger partial charge in [0.15, 0.2) is 0 Å². The van der Waals surface area contributed by atoms with Gasteiger partial charge >= 0.3 is 0 Å². The van der Waals surface area contributed by atoms with E-state index in [0.29, 0.717) is 17.5 Å². The van der Waals surface area contributed by atoms with Gasteiger partial charge in [0.05, 0.1) is 29.5 Å². The fraction of sp³-hybridized carbons (Fsp3) is 0.375. The smallest absolute Gasteiger partial charge is 0.252 e. The van der Waals surface area contributed by atoms with Crippen LogP contribution in [0.4, 0.5) is 0 Å². The van der Waals surface area contributed by atoms with Crippen LogP contribution in [0, 0.1) is 12.3 Å². The summed E-state index contributed by atoms with van der Waals surface area (Å²) in [5, 5.41) is 22.3. The molecule has 2 heterocycles. The van der Waals surface area contributed by atoms with E-state index < -0.39 is 12.2 Å². The van der Waals surface area contributed by atoms with Gasteiger partial charge in [0.2, 0.25) is 0 Å². The van der Waals surface area contributed by atoms with Crippen molar-refractivity contribution in [3.05, 3.63) is 28.8 Å². The number of rotatable bonds is 4. The lowest BCUT2D eigenvalue weighted by atomic mass is 10.1. The van der Waals surface area contributed by atoms with Gasteiger partial charge in [-0.05, 0) is 18.2 Å². The van der Waals surface area contributed by atoms with Gasteiger partial charge in [-0.25, -0.2) is 4.98 Å².